The number of hydrogen-bond acceptors (Lipinski definition) is 4. The van der Waals surface area contributed by atoms with Gasteiger partial charge >= 0.3 is 0 Å². The second kappa shape index (κ2) is 7.91. The Kier molecular flexibility index (Phi) is 6.48. The number of rotatable bonds is 6. The molecule has 1 saturated carbocycles. The average molecular weight is 299 g/mol. The van der Waals surface area contributed by atoms with Crippen molar-refractivity contribution in [3.8, 4) is 0 Å². The Morgan fingerprint density at radius 1 is 1.29 bits per heavy atom. The zero-order valence-electron chi connectivity index (χ0n) is 13.9. The Morgan fingerprint density at radius 3 is 2.67 bits per heavy atom. The van der Waals surface area contributed by atoms with Crippen LogP contribution in [0.1, 0.15) is 52.9 Å². The van der Waals surface area contributed by atoms with Crippen LogP contribution in [-0.2, 0) is 9.47 Å². The maximum absolute atomic E-state index is 10.1. The van der Waals surface area contributed by atoms with Crippen LogP contribution in [0.25, 0.3) is 0 Å². The molecule has 1 saturated heterocycles. The minimum Gasteiger partial charge on any atom is -0.389 e. The summed E-state index contributed by atoms with van der Waals surface area (Å²) in [4.78, 5) is 0. The van der Waals surface area contributed by atoms with E-state index in [0.717, 1.165) is 26.1 Å². The molecule has 2 rings (SSSR count). The maximum atomic E-state index is 10.1. The smallest absolute Gasteiger partial charge is 0.0897 e. The van der Waals surface area contributed by atoms with E-state index in [1.165, 1.54) is 19.3 Å². The molecule has 3 atom stereocenters. The van der Waals surface area contributed by atoms with Gasteiger partial charge in [0, 0.05) is 25.8 Å². The molecule has 124 valence electrons. The van der Waals surface area contributed by atoms with Gasteiger partial charge in [0.15, 0.2) is 0 Å². The van der Waals surface area contributed by atoms with E-state index >= 15 is 0 Å². The van der Waals surface area contributed by atoms with Crippen molar-refractivity contribution in [1.82, 2.24) is 5.32 Å². The van der Waals surface area contributed by atoms with Gasteiger partial charge in [-0.3, -0.25) is 0 Å². The quantitative estimate of drug-likeness (QED) is 0.790. The lowest BCUT2D eigenvalue weighted by Crippen LogP contribution is -2.45. The summed E-state index contributed by atoms with van der Waals surface area (Å²) in [5.41, 5.74) is 0.475. The zero-order chi connectivity index (χ0) is 15.3. The minimum atomic E-state index is -0.407. The number of hydrogen-bond donors (Lipinski definition) is 2. The molecule has 4 nitrogen and oxygen atoms in total. The van der Waals surface area contributed by atoms with Gasteiger partial charge in [-0.05, 0) is 43.4 Å². The molecule has 1 aliphatic heterocycles. The molecule has 3 unspecified atom stereocenters. The van der Waals surface area contributed by atoms with E-state index in [9.17, 15) is 5.11 Å². The van der Waals surface area contributed by atoms with E-state index in [4.69, 9.17) is 9.47 Å². The lowest BCUT2D eigenvalue weighted by Gasteiger charge is -2.40. The molecule has 0 aromatic carbocycles. The molecule has 4 heteroatoms. The number of nitrogens with one attached hydrogen (secondary N) is 1. The molecule has 0 radical (unpaired) electrons. The van der Waals surface area contributed by atoms with Gasteiger partial charge in [-0.1, -0.05) is 20.8 Å². The van der Waals surface area contributed by atoms with Crippen LogP contribution in [0.15, 0.2) is 0 Å². The Hall–Kier alpha value is -0.160. The topological polar surface area (TPSA) is 50.7 Å². The Balaban J connectivity index is 1.61. The third-order valence-electron chi connectivity index (χ3n) is 5.00. The highest BCUT2D eigenvalue weighted by Gasteiger charge is 2.32. The fourth-order valence-corrected chi connectivity index (χ4v) is 3.69. The molecule has 0 amide bonds. The highest BCUT2D eigenvalue weighted by molar-refractivity contribution is 4.87. The van der Waals surface area contributed by atoms with Gasteiger partial charge in [0.2, 0.25) is 0 Å². The molecule has 1 aliphatic carbocycles. The van der Waals surface area contributed by atoms with Crippen LogP contribution in [0.5, 0.6) is 0 Å². The van der Waals surface area contributed by atoms with E-state index in [0.29, 0.717) is 30.5 Å². The molecule has 2 aliphatic rings. The Morgan fingerprint density at radius 2 is 2.00 bits per heavy atom. The minimum absolute atomic E-state index is 0.266. The predicted molar refractivity (Wildman–Crippen MR) is 84.4 cm³/mol. The van der Waals surface area contributed by atoms with E-state index in [-0.39, 0.29) is 6.10 Å². The summed E-state index contributed by atoms with van der Waals surface area (Å²) < 4.78 is 11.1. The SMILES string of the molecule is CC1CC(C)(C)CCC1NCC(O)COC1CCOCC1. The van der Waals surface area contributed by atoms with Crippen LogP contribution >= 0.6 is 0 Å². The Bertz CT molecular complexity index is 302. The van der Waals surface area contributed by atoms with Crippen LogP contribution < -0.4 is 5.32 Å². The van der Waals surface area contributed by atoms with Crippen LogP contribution in [0.2, 0.25) is 0 Å². The van der Waals surface area contributed by atoms with Crippen LogP contribution in [0.4, 0.5) is 0 Å². The first-order chi connectivity index (χ1) is 9.96. The van der Waals surface area contributed by atoms with Gasteiger partial charge < -0.3 is 19.9 Å². The fraction of sp³-hybridized carbons (Fsp3) is 1.00. The maximum Gasteiger partial charge on any atom is 0.0897 e. The van der Waals surface area contributed by atoms with Crippen LogP contribution in [0, 0.1) is 11.3 Å². The summed E-state index contributed by atoms with van der Waals surface area (Å²) in [7, 11) is 0. The van der Waals surface area contributed by atoms with E-state index < -0.39 is 6.10 Å². The summed E-state index contributed by atoms with van der Waals surface area (Å²) in [5.74, 6) is 0.678. The van der Waals surface area contributed by atoms with Gasteiger partial charge in [-0.15, -0.1) is 0 Å². The average Bonchev–Trinajstić information content (AvgIpc) is 2.44. The molecule has 0 aromatic rings. The largest absolute Gasteiger partial charge is 0.389 e. The second-order valence-corrected chi connectivity index (χ2v) is 7.70. The van der Waals surface area contributed by atoms with Crippen molar-refractivity contribution in [3.05, 3.63) is 0 Å². The molecule has 0 aromatic heterocycles. The summed E-state index contributed by atoms with van der Waals surface area (Å²) in [6.07, 6.45) is 5.51. The molecule has 0 bridgehead atoms. The van der Waals surface area contributed by atoms with Crippen molar-refractivity contribution in [2.24, 2.45) is 11.3 Å². The van der Waals surface area contributed by atoms with Gasteiger partial charge in [0.1, 0.15) is 0 Å². The molecular weight excluding hydrogens is 266 g/mol. The fourth-order valence-electron chi connectivity index (χ4n) is 3.69. The van der Waals surface area contributed by atoms with Crippen molar-refractivity contribution in [2.75, 3.05) is 26.4 Å². The lowest BCUT2D eigenvalue weighted by atomic mass is 9.70. The monoisotopic (exact) mass is 299 g/mol. The highest BCUT2D eigenvalue weighted by atomic mass is 16.5. The van der Waals surface area contributed by atoms with Crippen molar-refractivity contribution >= 4 is 0 Å². The van der Waals surface area contributed by atoms with Crippen molar-refractivity contribution in [2.45, 2.75) is 71.1 Å². The standard InChI is InChI=1S/C17H33NO3/c1-13-10-17(2,3)7-4-16(13)18-11-14(19)12-21-15-5-8-20-9-6-15/h13-16,18-19H,4-12H2,1-3H3. The Labute approximate surface area is 129 Å². The normalized spacial score (nSPS) is 32.0. The second-order valence-electron chi connectivity index (χ2n) is 7.70. The number of aliphatic hydroxyl groups is 1. The van der Waals surface area contributed by atoms with E-state index in [1.54, 1.807) is 0 Å². The first-order valence-corrected chi connectivity index (χ1v) is 8.57. The van der Waals surface area contributed by atoms with Crippen molar-refractivity contribution < 1.29 is 14.6 Å². The summed E-state index contributed by atoms with van der Waals surface area (Å²) in [6, 6.07) is 0.538. The van der Waals surface area contributed by atoms with Gasteiger partial charge in [0.05, 0.1) is 18.8 Å². The first kappa shape index (κ1) is 17.2. The van der Waals surface area contributed by atoms with E-state index in [2.05, 4.69) is 26.1 Å². The van der Waals surface area contributed by atoms with Crippen molar-refractivity contribution in [1.29, 1.82) is 0 Å². The molecule has 21 heavy (non-hydrogen) atoms. The lowest BCUT2D eigenvalue weighted by molar-refractivity contribution is -0.0593. The third-order valence-corrected chi connectivity index (χ3v) is 5.00. The first-order valence-electron chi connectivity index (χ1n) is 8.57. The van der Waals surface area contributed by atoms with Gasteiger partial charge in [0.25, 0.3) is 0 Å². The third kappa shape index (κ3) is 5.85. The van der Waals surface area contributed by atoms with Crippen molar-refractivity contribution in [3.63, 3.8) is 0 Å². The van der Waals surface area contributed by atoms with Crippen LogP contribution in [0.3, 0.4) is 0 Å². The number of ether oxygens (including phenoxy) is 2. The summed E-state index contributed by atoms with van der Waals surface area (Å²) >= 11 is 0. The molecule has 2 N–H and O–H groups in total. The summed E-state index contributed by atoms with van der Waals surface area (Å²) in [5, 5.41) is 13.6. The van der Waals surface area contributed by atoms with Gasteiger partial charge in [-0.2, -0.15) is 0 Å². The van der Waals surface area contributed by atoms with Gasteiger partial charge in [-0.25, -0.2) is 0 Å². The summed E-state index contributed by atoms with van der Waals surface area (Å²) in [6.45, 7) is 9.68. The molecule has 0 spiro atoms. The molecule has 1 heterocycles. The number of aliphatic hydroxyl groups excluding tert-OH is 1. The zero-order valence-corrected chi connectivity index (χ0v) is 13.9. The van der Waals surface area contributed by atoms with E-state index in [1.807, 2.05) is 0 Å². The van der Waals surface area contributed by atoms with Crippen LogP contribution in [-0.4, -0.2) is 49.7 Å². The molecule has 2 fully saturated rings. The highest BCUT2D eigenvalue weighted by Crippen LogP contribution is 2.38. The predicted octanol–water partition coefficient (Wildman–Crippen LogP) is 2.35. The molecular formula is C17H33NO3.